The number of nitrogens with one attached hydrogen (secondary N) is 1. The Morgan fingerprint density at radius 1 is 0.382 bits per heavy atom. The summed E-state index contributed by atoms with van der Waals surface area (Å²) in [5.41, 5.74) is 0. The summed E-state index contributed by atoms with van der Waals surface area (Å²) in [4.78, 5) is 40.3. The minimum Gasteiger partial charge on any atom is -0.756 e. The van der Waals surface area contributed by atoms with Crippen molar-refractivity contribution >= 4 is 19.7 Å². The van der Waals surface area contributed by atoms with Gasteiger partial charge in [-0.25, -0.2) is 0 Å². The topological polar surface area (TPSA) is 114 Å². The van der Waals surface area contributed by atoms with E-state index in [0.29, 0.717) is 17.4 Å². The van der Waals surface area contributed by atoms with E-state index in [-0.39, 0.29) is 31.5 Å². The number of nitrogens with zero attached hydrogens (tertiary/aromatic N) is 1. The minimum atomic E-state index is -4.70. The van der Waals surface area contributed by atoms with Gasteiger partial charge in [0.05, 0.1) is 33.8 Å². The van der Waals surface area contributed by atoms with E-state index in [9.17, 15) is 19.0 Å². The largest absolute Gasteiger partial charge is 0.756 e. The van der Waals surface area contributed by atoms with Gasteiger partial charge in [0.15, 0.2) is 0 Å². The number of phosphoric acid groups is 1. The summed E-state index contributed by atoms with van der Waals surface area (Å²) >= 11 is 0. The fourth-order valence-electron chi connectivity index (χ4n) is 12.0. The van der Waals surface area contributed by atoms with Gasteiger partial charge in [-0.1, -0.05) is 347 Å². The van der Waals surface area contributed by atoms with Crippen molar-refractivity contribution in [2.45, 2.75) is 418 Å². The van der Waals surface area contributed by atoms with Crippen molar-refractivity contribution in [1.29, 1.82) is 0 Å². The number of quaternary nitrogens is 1. The molecule has 1 amide bonds. The van der Waals surface area contributed by atoms with Crippen LogP contribution in [0.4, 0.5) is 0 Å². The van der Waals surface area contributed by atoms with Gasteiger partial charge >= 0.3 is 5.97 Å². The monoisotopic (exact) mass is 1270 g/mol. The van der Waals surface area contributed by atoms with Crippen molar-refractivity contribution in [1.82, 2.24) is 5.32 Å². The SMILES string of the molecule is CCCCCCCC/C=C/CCCCCCCCCCCCCCCCCCCC(=O)OC(/C=C/CCCCCCCCCCCCC)C(COP(=O)([O-])OCC[N+](C)(C)C)NC(=O)CCCCCCCCCCCCCCC/C=C/CCCCCCCC. The van der Waals surface area contributed by atoms with Crippen molar-refractivity contribution in [2.24, 2.45) is 0 Å². The van der Waals surface area contributed by atoms with Crippen LogP contribution in [0.25, 0.3) is 0 Å². The average Bonchev–Trinajstić information content (AvgIpc) is 3.63. The van der Waals surface area contributed by atoms with Crippen LogP contribution >= 0.6 is 7.82 Å². The van der Waals surface area contributed by atoms with Crippen LogP contribution in [-0.2, 0) is 27.9 Å². The van der Waals surface area contributed by atoms with Gasteiger partial charge in [-0.3, -0.25) is 14.2 Å². The molecule has 0 heterocycles. The van der Waals surface area contributed by atoms with E-state index < -0.39 is 20.0 Å². The molecule has 0 aromatic rings. The van der Waals surface area contributed by atoms with E-state index in [1.54, 1.807) is 0 Å². The van der Waals surface area contributed by atoms with Crippen LogP contribution in [0.3, 0.4) is 0 Å². The summed E-state index contributed by atoms with van der Waals surface area (Å²) in [7, 11) is 1.21. The Kier molecular flexibility index (Phi) is 67.7. The minimum absolute atomic E-state index is 0.0189. The third-order valence-electron chi connectivity index (χ3n) is 18.0. The maximum absolute atomic E-state index is 13.6. The lowest BCUT2D eigenvalue weighted by atomic mass is 10.0. The molecule has 1 N–H and O–H groups in total. The molecule has 0 radical (unpaired) electrons. The highest BCUT2D eigenvalue weighted by atomic mass is 31.2. The zero-order valence-corrected chi connectivity index (χ0v) is 61.3. The highest BCUT2D eigenvalue weighted by Crippen LogP contribution is 2.38. The Bertz CT molecular complexity index is 1610. The molecule has 3 atom stereocenters. The van der Waals surface area contributed by atoms with Gasteiger partial charge in [0.25, 0.3) is 7.82 Å². The number of hydrogen-bond donors (Lipinski definition) is 1. The quantitative estimate of drug-likeness (QED) is 0.0212. The molecule has 0 saturated heterocycles. The molecule has 0 saturated carbocycles. The molecular formula is C79H153N2O7P. The van der Waals surface area contributed by atoms with Crippen LogP contribution in [0.5, 0.6) is 0 Å². The fraction of sp³-hybridized carbons (Fsp3) is 0.899. The molecule has 0 bridgehead atoms. The predicted molar refractivity (Wildman–Crippen MR) is 386 cm³/mol. The maximum atomic E-state index is 13.6. The molecule has 0 aromatic heterocycles. The molecule has 3 unspecified atom stereocenters. The van der Waals surface area contributed by atoms with Crippen LogP contribution in [-0.4, -0.2) is 69.4 Å². The summed E-state index contributed by atoms with van der Waals surface area (Å²) < 4.78 is 30.6. The van der Waals surface area contributed by atoms with Gasteiger partial charge < -0.3 is 28.5 Å². The molecule has 526 valence electrons. The van der Waals surface area contributed by atoms with E-state index in [1.807, 2.05) is 33.3 Å². The Balaban J connectivity index is 4.95. The van der Waals surface area contributed by atoms with Gasteiger partial charge in [0.1, 0.15) is 19.3 Å². The first-order valence-corrected chi connectivity index (χ1v) is 40.8. The summed E-state index contributed by atoms with van der Waals surface area (Å²) in [5, 5.41) is 3.06. The van der Waals surface area contributed by atoms with Gasteiger partial charge in [-0.15, -0.1) is 0 Å². The second-order valence-electron chi connectivity index (χ2n) is 28.2. The normalized spacial score (nSPS) is 13.6. The third kappa shape index (κ3) is 70.4. The van der Waals surface area contributed by atoms with Crippen LogP contribution < -0.4 is 10.2 Å². The van der Waals surface area contributed by atoms with E-state index >= 15 is 0 Å². The van der Waals surface area contributed by atoms with Crippen molar-refractivity contribution in [3.8, 4) is 0 Å². The predicted octanol–water partition coefficient (Wildman–Crippen LogP) is 24.7. The standard InChI is InChI=1S/C79H153N2O7P/c1-7-10-13-16-19-22-25-28-30-32-34-36-38-39-40-41-43-45-47-49-51-54-57-60-63-66-69-72-79(83)88-77(70-67-64-61-58-55-52-27-24-21-18-15-12-9-3)76(75-87-89(84,85)86-74-73-81(4,5)6)80-78(82)71-68-65-62-59-56-53-50-48-46-44-42-37-35-33-31-29-26-23-20-17-14-11-8-2/h28-31,67,70,76-77H,7-27,32-66,68-69,71-75H2,1-6H3,(H-,80,82,84,85)/b30-28+,31-29+,70-67+. The maximum Gasteiger partial charge on any atom is 0.306 e. The number of carbonyl (C=O) groups excluding carboxylic acids is 2. The van der Waals surface area contributed by atoms with Crippen LogP contribution in [0.15, 0.2) is 36.5 Å². The van der Waals surface area contributed by atoms with Crippen molar-refractivity contribution < 1.29 is 37.3 Å². The number of likely N-dealkylation sites (N-methyl/N-ethyl adjacent to an activating group) is 1. The van der Waals surface area contributed by atoms with E-state index in [2.05, 4.69) is 50.4 Å². The van der Waals surface area contributed by atoms with Crippen LogP contribution in [0.1, 0.15) is 406 Å². The molecule has 0 aliphatic rings. The molecule has 0 aliphatic heterocycles. The first-order chi connectivity index (χ1) is 43.4. The third-order valence-corrected chi connectivity index (χ3v) is 19.0. The molecule has 0 fully saturated rings. The number of carbonyl (C=O) groups is 2. The number of unbranched alkanes of at least 4 members (excludes halogenated alkanes) is 53. The van der Waals surface area contributed by atoms with E-state index in [0.717, 1.165) is 57.8 Å². The summed E-state index contributed by atoms with van der Waals surface area (Å²) in [6.07, 6.45) is 87.1. The molecule has 0 spiro atoms. The number of rotatable bonds is 73. The highest BCUT2D eigenvalue weighted by Gasteiger charge is 2.27. The van der Waals surface area contributed by atoms with Gasteiger partial charge in [0, 0.05) is 12.8 Å². The summed E-state index contributed by atoms with van der Waals surface area (Å²) in [6.45, 7) is 6.91. The van der Waals surface area contributed by atoms with Gasteiger partial charge in [-0.2, -0.15) is 0 Å². The van der Waals surface area contributed by atoms with Crippen molar-refractivity contribution in [3.63, 3.8) is 0 Å². The summed E-state index contributed by atoms with van der Waals surface area (Å²) in [6, 6.07) is -0.886. The number of allylic oxidation sites excluding steroid dienone is 5. The van der Waals surface area contributed by atoms with Crippen molar-refractivity contribution in [2.75, 3.05) is 40.9 Å². The first-order valence-electron chi connectivity index (χ1n) is 39.3. The zero-order valence-electron chi connectivity index (χ0n) is 60.4. The lowest BCUT2D eigenvalue weighted by Gasteiger charge is -2.30. The Morgan fingerprint density at radius 3 is 0.955 bits per heavy atom. The van der Waals surface area contributed by atoms with Crippen LogP contribution in [0, 0.1) is 0 Å². The van der Waals surface area contributed by atoms with Crippen molar-refractivity contribution in [3.05, 3.63) is 36.5 Å². The number of esters is 1. The Hall–Kier alpha value is -1.77. The van der Waals surface area contributed by atoms with Crippen LogP contribution in [0.2, 0.25) is 0 Å². The molecule has 89 heavy (non-hydrogen) atoms. The van der Waals surface area contributed by atoms with E-state index in [4.69, 9.17) is 13.8 Å². The summed E-state index contributed by atoms with van der Waals surface area (Å²) in [5.74, 6) is -0.517. The molecule has 0 aliphatic carbocycles. The molecular weight excluding hydrogens is 1120 g/mol. The average molecular weight is 1270 g/mol. The molecule has 0 aromatic carbocycles. The fourth-order valence-corrected chi connectivity index (χ4v) is 12.7. The Morgan fingerprint density at radius 2 is 0.652 bits per heavy atom. The van der Waals surface area contributed by atoms with Gasteiger partial charge in [0.2, 0.25) is 5.91 Å². The van der Waals surface area contributed by atoms with Gasteiger partial charge in [-0.05, 0) is 83.1 Å². The number of amides is 1. The molecule has 9 nitrogen and oxygen atoms in total. The molecule has 0 rings (SSSR count). The number of ether oxygens (including phenoxy) is 1. The Labute approximate surface area is 555 Å². The number of hydrogen-bond acceptors (Lipinski definition) is 7. The lowest BCUT2D eigenvalue weighted by molar-refractivity contribution is -0.870. The van der Waals surface area contributed by atoms with E-state index in [1.165, 1.54) is 315 Å². The smallest absolute Gasteiger partial charge is 0.306 e. The second kappa shape index (κ2) is 69.1. The number of phosphoric ester groups is 1. The second-order valence-corrected chi connectivity index (χ2v) is 29.6. The highest BCUT2D eigenvalue weighted by molar-refractivity contribution is 7.45. The first kappa shape index (κ1) is 87.2. The lowest BCUT2D eigenvalue weighted by Crippen LogP contribution is -2.47. The zero-order chi connectivity index (χ0) is 64.9. The molecule has 10 heteroatoms.